The van der Waals surface area contributed by atoms with Crippen LogP contribution in [0.3, 0.4) is 0 Å². The van der Waals surface area contributed by atoms with Gasteiger partial charge in [0, 0.05) is 43.6 Å². The lowest BCUT2D eigenvalue weighted by Crippen LogP contribution is -2.15. The van der Waals surface area contributed by atoms with Gasteiger partial charge in [0.25, 0.3) is 0 Å². The van der Waals surface area contributed by atoms with Gasteiger partial charge in [0.05, 0.1) is 52.9 Å². The molecule has 0 amide bonds. The average molecular weight is 790 g/mol. The molecular formula is C28H38Br4O6. The first-order valence-electron chi connectivity index (χ1n) is 12.6. The van der Waals surface area contributed by atoms with E-state index in [2.05, 4.69) is 102 Å². The Morgan fingerprint density at radius 1 is 0.421 bits per heavy atom. The fraction of sp³-hybridized carbons (Fsp3) is 0.571. The summed E-state index contributed by atoms with van der Waals surface area (Å²) in [6.45, 7) is 9.32. The second kappa shape index (κ2) is 20.6. The fourth-order valence-electron chi connectivity index (χ4n) is 3.79. The molecule has 0 unspecified atom stereocenters. The molecule has 0 spiro atoms. The highest BCUT2D eigenvalue weighted by Crippen LogP contribution is 2.30. The van der Waals surface area contributed by atoms with Crippen LogP contribution in [0.15, 0.2) is 24.3 Å². The molecule has 0 N–H and O–H groups in total. The van der Waals surface area contributed by atoms with Crippen LogP contribution in [0.25, 0.3) is 0 Å². The normalized spacial score (nSPS) is 11.2. The van der Waals surface area contributed by atoms with E-state index in [-0.39, 0.29) is 0 Å². The third-order valence-electron chi connectivity index (χ3n) is 5.41. The number of ether oxygens (including phenoxy) is 6. The van der Waals surface area contributed by atoms with Gasteiger partial charge in [-0.05, 0) is 13.8 Å². The molecule has 0 aliphatic rings. The highest BCUT2D eigenvalue weighted by Gasteiger charge is 2.11. The monoisotopic (exact) mass is 786 g/mol. The molecule has 0 saturated carbocycles. The molecule has 2 aromatic rings. The second-order valence-electron chi connectivity index (χ2n) is 8.51. The van der Waals surface area contributed by atoms with Crippen LogP contribution in [0.5, 0.6) is 11.5 Å². The van der Waals surface area contributed by atoms with Gasteiger partial charge in [0.2, 0.25) is 0 Å². The lowest BCUT2D eigenvalue weighted by atomic mass is 10.1. The Hall–Kier alpha value is -0.200. The highest BCUT2D eigenvalue weighted by atomic mass is 79.9. The second-order valence-corrected chi connectivity index (χ2v) is 10.7. The third-order valence-corrected chi connectivity index (χ3v) is 7.83. The van der Waals surface area contributed by atoms with Crippen LogP contribution in [0.4, 0.5) is 0 Å². The highest BCUT2D eigenvalue weighted by molar-refractivity contribution is 9.09. The minimum atomic E-state index is 0.498. The average Bonchev–Trinajstić information content (AvgIpc) is 2.92. The minimum Gasteiger partial charge on any atom is -0.491 e. The summed E-state index contributed by atoms with van der Waals surface area (Å²) in [7, 11) is 0. The zero-order chi connectivity index (χ0) is 27.6. The van der Waals surface area contributed by atoms with Gasteiger partial charge in [-0.15, -0.1) is 0 Å². The van der Waals surface area contributed by atoms with E-state index in [1.165, 1.54) is 11.1 Å². The number of aryl methyl sites for hydroxylation is 2. The molecular weight excluding hydrogens is 752 g/mol. The van der Waals surface area contributed by atoms with Crippen molar-refractivity contribution in [1.29, 1.82) is 0 Å². The molecule has 0 heterocycles. The first-order valence-corrected chi connectivity index (χ1v) is 17.1. The number of alkyl halides is 4. The lowest BCUT2D eigenvalue weighted by molar-refractivity contribution is -0.00705. The molecule has 0 atom stereocenters. The molecule has 0 aliphatic heterocycles. The van der Waals surface area contributed by atoms with Crippen LogP contribution < -0.4 is 9.47 Å². The molecule has 0 fully saturated rings. The van der Waals surface area contributed by atoms with Gasteiger partial charge in [-0.2, -0.15) is 0 Å². The summed E-state index contributed by atoms with van der Waals surface area (Å²) in [5.74, 6) is 1.86. The predicted octanol–water partition coefficient (Wildman–Crippen LogP) is 7.41. The predicted molar refractivity (Wildman–Crippen MR) is 167 cm³/mol. The number of halogens is 4. The molecule has 0 radical (unpaired) electrons. The summed E-state index contributed by atoms with van der Waals surface area (Å²) >= 11 is 14.2. The molecule has 10 heteroatoms. The molecule has 214 valence electrons. The van der Waals surface area contributed by atoms with Crippen molar-refractivity contribution in [2.45, 2.75) is 35.2 Å². The van der Waals surface area contributed by atoms with Crippen molar-refractivity contribution in [3.8, 4) is 11.5 Å². The Morgan fingerprint density at radius 3 is 0.895 bits per heavy atom. The molecule has 0 aliphatic carbocycles. The van der Waals surface area contributed by atoms with E-state index >= 15 is 0 Å². The molecule has 0 bridgehead atoms. The Kier molecular flexibility index (Phi) is 18.5. The van der Waals surface area contributed by atoms with Gasteiger partial charge in [-0.3, -0.25) is 0 Å². The van der Waals surface area contributed by atoms with Gasteiger partial charge in [-0.25, -0.2) is 0 Å². The van der Waals surface area contributed by atoms with E-state index in [9.17, 15) is 0 Å². The third kappa shape index (κ3) is 12.5. The van der Waals surface area contributed by atoms with Gasteiger partial charge in [-0.1, -0.05) is 99.1 Å². The summed E-state index contributed by atoms with van der Waals surface area (Å²) in [4.78, 5) is 0. The number of hydrogen-bond acceptors (Lipinski definition) is 6. The Labute approximate surface area is 260 Å². The molecule has 6 nitrogen and oxygen atoms in total. The van der Waals surface area contributed by atoms with Crippen molar-refractivity contribution >= 4 is 63.7 Å². The molecule has 38 heavy (non-hydrogen) atoms. The van der Waals surface area contributed by atoms with Gasteiger partial charge in [0.15, 0.2) is 0 Å². The van der Waals surface area contributed by atoms with Crippen LogP contribution in [-0.4, -0.2) is 66.1 Å². The smallest absolute Gasteiger partial charge is 0.127 e. The first-order chi connectivity index (χ1) is 18.5. The van der Waals surface area contributed by atoms with E-state index in [1.807, 2.05) is 0 Å². The van der Waals surface area contributed by atoms with Crippen LogP contribution in [0.2, 0.25) is 0 Å². The topological polar surface area (TPSA) is 55.4 Å². The summed E-state index contributed by atoms with van der Waals surface area (Å²) in [6, 6.07) is 8.56. The van der Waals surface area contributed by atoms with Crippen molar-refractivity contribution in [2.24, 2.45) is 0 Å². The standard InChI is InChI=1S/C28H38Br4O6/c1-21-13-23(17-29)27(24(14-21)18-30)37-11-9-35-7-5-33-3-4-34-6-8-36-10-12-38-28-25(19-31)15-22(2)16-26(28)20-32/h13-16H,3-12,17-20H2,1-2H3. The molecule has 0 saturated heterocycles. The van der Waals surface area contributed by atoms with Gasteiger partial charge >= 0.3 is 0 Å². The van der Waals surface area contributed by atoms with Crippen molar-refractivity contribution in [3.63, 3.8) is 0 Å². The minimum absolute atomic E-state index is 0.498. The Balaban J connectivity index is 1.44. The van der Waals surface area contributed by atoms with Crippen molar-refractivity contribution < 1.29 is 28.4 Å². The van der Waals surface area contributed by atoms with E-state index in [1.54, 1.807) is 0 Å². The van der Waals surface area contributed by atoms with Gasteiger partial charge in [0.1, 0.15) is 24.7 Å². The zero-order valence-electron chi connectivity index (χ0n) is 22.2. The Morgan fingerprint density at radius 2 is 0.658 bits per heavy atom. The SMILES string of the molecule is Cc1cc(CBr)c(OCCOCCOCCOCCOCCOc2c(CBr)cc(C)cc2CBr)c(CBr)c1. The van der Waals surface area contributed by atoms with Crippen LogP contribution in [0, 0.1) is 13.8 Å². The maximum atomic E-state index is 5.99. The molecule has 2 aromatic carbocycles. The van der Waals surface area contributed by atoms with Crippen molar-refractivity contribution in [1.82, 2.24) is 0 Å². The molecule has 0 aromatic heterocycles. The van der Waals surface area contributed by atoms with E-state index in [4.69, 9.17) is 28.4 Å². The van der Waals surface area contributed by atoms with E-state index in [0.717, 1.165) is 55.1 Å². The lowest BCUT2D eigenvalue weighted by Gasteiger charge is -2.15. The summed E-state index contributed by atoms with van der Waals surface area (Å²) < 4.78 is 34.3. The maximum Gasteiger partial charge on any atom is 0.127 e. The first kappa shape index (κ1) is 34.0. The quantitative estimate of drug-likeness (QED) is 0.0971. The summed E-state index contributed by atoms with van der Waals surface area (Å²) in [6.07, 6.45) is 0. The summed E-state index contributed by atoms with van der Waals surface area (Å²) in [5.41, 5.74) is 7.05. The summed E-state index contributed by atoms with van der Waals surface area (Å²) in [5, 5.41) is 3.02. The zero-order valence-corrected chi connectivity index (χ0v) is 28.5. The van der Waals surface area contributed by atoms with Crippen molar-refractivity contribution in [2.75, 3.05) is 66.1 Å². The van der Waals surface area contributed by atoms with Crippen LogP contribution >= 0.6 is 63.7 Å². The van der Waals surface area contributed by atoms with Crippen LogP contribution in [-0.2, 0) is 40.3 Å². The van der Waals surface area contributed by atoms with Crippen molar-refractivity contribution in [3.05, 3.63) is 57.6 Å². The number of rotatable bonds is 21. The Bertz CT molecular complexity index is 818. The maximum absolute atomic E-state index is 5.99. The van der Waals surface area contributed by atoms with E-state index < -0.39 is 0 Å². The van der Waals surface area contributed by atoms with Gasteiger partial charge < -0.3 is 28.4 Å². The van der Waals surface area contributed by atoms with E-state index in [0.29, 0.717) is 66.1 Å². The number of hydrogen-bond donors (Lipinski definition) is 0. The largest absolute Gasteiger partial charge is 0.491 e. The fourth-order valence-corrected chi connectivity index (χ4v) is 5.46. The molecule has 2 rings (SSSR count). The number of benzene rings is 2. The van der Waals surface area contributed by atoms with Crippen LogP contribution in [0.1, 0.15) is 33.4 Å².